The number of hydrogen-bond acceptors (Lipinski definition) is 10. The maximum atomic E-state index is 14.6. The van der Waals surface area contributed by atoms with E-state index in [2.05, 4.69) is 25.9 Å². The van der Waals surface area contributed by atoms with Crippen LogP contribution in [0.5, 0.6) is 17.2 Å². The number of fused-ring (bicyclic) bond motifs is 1. The van der Waals surface area contributed by atoms with Gasteiger partial charge in [0.05, 0.1) is 17.8 Å². The summed E-state index contributed by atoms with van der Waals surface area (Å²) in [6.45, 7) is 3.20. The molecule has 0 radical (unpaired) electrons. The summed E-state index contributed by atoms with van der Waals surface area (Å²) in [5, 5.41) is 35.1. The van der Waals surface area contributed by atoms with E-state index in [1.165, 1.54) is 17.4 Å². The van der Waals surface area contributed by atoms with Gasteiger partial charge < -0.3 is 30.3 Å². The summed E-state index contributed by atoms with van der Waals surface area (Å²) >= 11 is 1.33. The number of aromatic nitrogens is 4. The number of ether oxygens (including phenoxy) is 2. The van der Waals surface area contributed by atoms with Gasteiger partial charge in [0.1, 0.15) is 18.2 Å². The van der Waals surface area contributed by atoms with Crippen molar-refractivity contribution in [1.82, 2.24) is 25.3 Å². The zero-order chi connectivity index (χ0) is 35.5. The Balaban J connectivity index is 1.25. The fraction of sp³-hybridized carbons (Fsp3) is 0.429. The van der Waals surface area contributed by atoms with E-state index in [1.54, 1.807) is 22.3 Å². The summed E-state index contributed by atoms with van der Waals surface area (Å²) in [6, 6.07) is 7.20. The van der Waals surface area contributed by atoms with Crippen molar-refractivity contribution in [3.63, 3.8) is 0 Å². The van der Waals surface area contributed by atoms with Gasteiger partial charge in [0.25, 0.3) is 0 Å². The predicted molar refractivity (Wildman–Crippen MR) is 183 cm³/mol. The topological polar surface area (TPSA) is 178 Å². The van der Waals surface area contributed by atoms with E-state index in [1.807, 2.05) is 19.2 Å². The van der Waals surface area contributed by atoms with Gasteiger partial charge in [-0.2, -0.15) is 0 Å². The number of thiazole rings is 1. The lowest BCUT2D eigenvalue weighted by molar-refractivity contribution is -0.137. The maximum Gasteiger partial charge on any atom is 0.338 e. The van der Waals surface area contributed by atoms with Crippen LogP contribution in [0.3, 0.4) is 0 Å². The van der Waals surface area contributed by atoms with Crippen LogP contribution in [0.1, 0.15) is 85.5 Å². The first-order chi connectivity index (χ1) is 24.1. The highest BCUT2D eigenvalue weighted by Gasteiger charge is 2.35. The second-order valence-corrected chi connectivity index (χ2v) is 13.3. The van der Waals surface area contributed by atoms with Crippen molar-refractivity contribution >= 4 is 34.3 Å². The highest BCUT2D eigenvalue weighted by atomic mass is 32.1. The fourth-order valence-corrected chi connectivity index (χ4v) is 6.52. The molecule has 0 saturated carbocycles. The summed E-state index contributed by atoms with van der Waals surface area (Å²) in [5.41, 5.74) is 1.44. The minimum absolute atomic E-state index is 0.0884. The summed E-state index contributed by atoms with van der Waals surface area (Å²) in [4.78, 5) is 39.1. The van der Waals surface area contributed by atoms with Gasteiger partial charge in [0, 0.05) is 48.8 Å². The standard InChI is InChI=1S/C35H41FN6O7S/c1-35(21-31(43)39-34-37-14-17-50-34)27-20-30(49-25-10-11-26(33(46)47)28(36)19-25)29(18-23(27)12-13-38-35)48-16-15-42-22-24(40-41-42)8-6-4-2-3-5-7-9-32(44)45/h10-11,14,17-20,22,38H,2-9,12-13,15-16,21H2,1H3,(H,44,45)(H,46,47)(H,37,39,43). The van der Waals surface area contributed by atoms with E-state index < -0.39 is 28.9 Å². The Morgan fingerprint density at radius 2 is 1.88 bits per heavy atom. The Bertz CT molecular complexity index is 1780. The molecule has 5 rings (SSSR count). The largest absolute Gasteiger partial charge is 0.488 e. The monoisotopic (exact) mass is 708 g/mol. The molecule has 1 aliphatic heterocycles. The van der Waals surface area contributed by atoms with Crippen LogP contribution >= 0.6 is 11.3 Å². The number of aromatic carboxylic acids is 1. The number of nitrogens with zero attached hydrogens (tertiary/aromatic N) is 4. The quantitative estimate of drug-likeness (QED) is 0.0817. The number of benzene rings is 2. The predicted octanol–water partition coefficient (Wildman–Crippen LogP) is 6.19. The highest BCUT2D eigenvalue weighted by Crippen LogP contribution is 2.41. The second kappa shape index (κ2) is 17.2. The molecule has 1 atom stereocenters. The smallest absolute Gasteiger partial charge is 0.338 e. The molecule has 2 aromatic carbocycles. The molecule has 1 aliphatic rings. The average Bonchev–Trinajstić information content (AvgIpc) is 3.75. The van der Waals surface area contributed by atoms with Crippen molar-refractivity contribution in [1.29, 1.82) is 0 Å². The summed E-state index contributed by atoms with van der Waals surface area (Å²) < 4.78 is 28.6. The molecule has 3 heterocycles. The number of aliphatic carboxylic acids is 1. The zero-order valence-corrected chi connectivity index (χ0v) is 28.6. The Hall–Kier alpha value is -4.89. The second-order valence-electron chi connectivity index (χ2n) is 12.4. The van der Waals surface area contributed by atoms with E-state index in [9.17, 15) is 23.9 Å². The van der Waals surface area contributed by atoms with E-state index in [0.29, 0.717) is 36.8 Å². The average molecular weight is 709 g/mol. The minimum Gasteiger partial charge on any atom is -0.488 e. The molecule has 0 bridgehead atoms. The molecule has 4 N–H and O–H groups in total. The van der Waals surface area contributed by atoms with Gasteiger partial charge in [0.15, 0.2) is 16.6 Å². The number of rotatable bonds is 19. The van der Waals surface area contributed by atoms with Gasteiger partial charge in [-0.25, -0.2) is 18.9 Å². The molecule has 0 saturated heterocycles. The van der Waals surface area contributed by atoms with Crippen LogP contribution in [0.2, 0.25) is 0 Å². The molecule has 266 valence electrons. The van der Waals surface area contributed by atoms with E-state index in [-0.39, 0.29) is 36.9 Å². The van der Waals surface area contributed by atoms with Crippen LogP contribution < -0.4 is 20.1 Å². The molecular formula is C35H41FN6O7S. The number of carboxylic acid groups (broad SMARTS) is 2. The Labute approximate surface area is 292 Å². The summed E-state index contributed by atoms with van der Waals surface area (Å²) in [5.74, 6) is -2.49. The minimum atomic E-state index is -1.38. The lowest BCUT2D eigenvalue weighted by atomic mass is 9.81. The first-order valence-electron chi connectivity index (χ1n) is 16.7. The van der Waals surface area contributed by atoms with Crippen molar-refractivity contribution in [2.24, 2.45) is 0 Å². The van der Waals surface area contributed by atoms with Gasteiger partial charge in [-0.3, -0.25) is 9.59 Å². The molecule has 0 fully saturated rings. The van der Waals surface area contributed by atoms with Crippen LogP contribution in [0.15, 0.2) is 48.1 Å². The normalized spacial score (nSPS) is 15.3. The number of anilines is 1. The van der Waals surface area contributed by atoms with E-state index in [0.717, 1.165) is 67.5 Å². The summed E-state index contributed by atoms with van der Waals surface area (Å²) in [7, 11) is 0. The van der Waals surface area contributed by atoms with Crippen LogP contribution in [-0.2, 0) is 34.5 Å². The van der Waals surface area contributed by atoms with Crippen molar-refractivity contribution < 1.29 is 38.5 Å². The number of unbranched alkanes of at least 4 members (excludes halogenated alkanes) is 5. The van der Waals surface area contributed by atoms with E-state index in [4.69, 9.17) is 14.6 Å². The number of carbonyl (C=O) groups excluding carboxylic acids is 1. The molecule has 2 aromatic heterocycles. The SMILES string of the molecule is CC1(CC(=O)Nc2nccs2)NCCc2cc(OCCn3cc(CCCCCCCCC(=O)O)nn3)c(Oc3ccc(C(=O)O)c(F)c3)cc21. The third-order valence-corrected chi connectivity index (χ3v) is 9.19. The third kappa shape index (κ3) is 10.1. The van der Waals surface area contributed by atoms with Crippen LogP contribution in [0.25, 0.3) is 0 Å². The van der Waals surface area contributed by atoms with Crippen molar-refractivity contribution in [2.75, 3.05) is 18.5 Å². The fourth-order valence-electron chi connectivity index (χ4n) is 5.97. The van der Waals surface area contributed by atoms with Crippen LogP contribution in [0, 0.1) is 5.82 Å². The lowest BCUT2D eigenvalue weighted by Crippen LogP contribution is -2.47. The van der Waals surface area contributed by atoms with Gasteiger partial charge in [-0.05, 0) is 68.0 Å². The van der Waals surface area contributed by atoms with Gasteiger partial charge in [-0.1, -0.05) is 30.9 Å². The molecule has 1 unspecified atom stereocenters. The number of carbonyl (C=O) groups is 3. The number of aryl methyl sites for hydroxylation is 1. The Kier molecular flexibility index (Phi) is 12.5. The number of carboxylic acids is 2. The summed E-state index contributed by atoms with van der Waals surface area (Å²) in [6.07, 6.45) is 11.0. The molecule has 13 nitrogen and oxygen atoms in total. The number of nitrogens with one attached hydrogen (secondary N) is 2. The first kappa shape index (κ1) is 36.4. The Morgan fingerprint density at radius 3 is 2.62 bits per heavy atom. The van der Waals surface area contributed by atoms with Gasteiger partial charge >= 0.3 is 11.9 Å². The highest BCUT2D eigenvalue weighted by molar-refractivity contribution is 7.13. The van der Waals surface area contributed by atoms with Crippen LogP contribution in [-0.4, -0.2) is 61.2 Å². The lowest BCUT2D eigenvalue weighted by Gasteiger charge is -2.37. The molecule has 50 heavy (non-hydrogen) atoms. The number of halogens is 1. The van der Waals surface area contributed by atoms with E-state index >= 15 is 0 Å². The van der Waals surface area contributed by atoms with Crippen LogP contribution in [0.4, 0.5) is 9.52 Å². The maximum absolute atomic E-state index is 14.6. The molecule has 1 amide bonds. The third-order valence-electron chi connectivity index (χ3n) is 8.50. The first-order valence-corrected chi connectivity index (χ1v) is 17.5. The zero-order valence-electron chi connectivity index (χ0n) is 27.8. The van der Waals surface area contributed by atoms with Crippen molar-refractivity contribution in [3.8, 4) is 17.2 Å². The number of hydrogen-bond donors (Lipinski definition) is 4. The molecule has 4 aromatic rings. The number of amides is 1. The van der Waals surface area contributed by atoms with Gasteiger partial charge in [-0.15, -0.1) is 16.4 Å². The molecule has 0 spiro atoms. The Morgan fingerprint density at radius 1 is 1.08 bits per heavy atom. The van der Waals surface area contributed by atoms with Crippen molar-refractivity contribution in [3.05, 3.63) is 76.3 Å². The molecule has 15 heteroatoms. The molecular weight excluding hydrogens is 667 g/mol. The molecule has 0 aliphatic carbocycles. The van der Waals surface area contributed by atoms with Gasteiger partial charge in [0.2, 0.25) is 5.91 Å². The van der Waals surface area contributed by atoms with Crippen molar-refractivity contribution in [2.45, 2.75) is 83.2 Å².